The predicted molar refractivity (Wildman–Crippen MR) is 125 cm³/mol. The highest BCUT2D eigenvalue weighted by Crippen LogP contribution is 1.98. The van der Waals surface area contributed by atoms with Crippen molar-refractivity contribution in [2.24, 2.45) is 0 Å². The van der Waals surface area contributed by atoms with Gasteiger partial charge in [-0.1, -0.05) is 123 Å². The molecule has 0 heterocycles. The minimum atomic E-state index is 1.17. The van der Waals surface area contributed by atoms with Gasteiger partial charge < -0.3 is 0 Å². The zero-order chi connectivity index (χ0) is 20.5. The molecule has 0 atom stereocenters. The van der Waals surface area contributed by atoms with Crippen molar-refractivity contribution in [3.05, 3.63) is 136 Å². The lowest BCUT2D eigenvalue weighted by Gasteiger charge is -1.85. The lowest BCUT2D eigenvalue weighted by Crippen LogP contribution is -1.63. The maximum Gasteiger partial charge on any atom is -0.0263 e. The maximum absolute atomic E-state index is 3.63. The van der Waals surface area contributed by atoms with E-state index in [0.29, 0.717) is 0 Å². The topological polar surface area (TPSA) is 0 Å². The molecule has 0 bridgehead atoms. The Morgan fingerprint density at radius 3 is 0.846 bits per heavy atom. The molecule has 138 valence electrons. The van der Waals surface area contributed by atoms with Crippen LogP contribution in [0, 0.1) is 0 Å². The summed E-state index contributed by atoms with van der Waals surface area (Å²) < 4.78 is 0. The standard InChI is InChI=1S/2C8H8.C4H6.2C3H6/c2*1-2-8-6-4-3-5-7-8;1-3-4-2;2*1-3-2/h2*2-7H,1H2;3-4H,1-2H2;2*3H,1H2,2H3. The lowest BCUT2D eigenvalue weighted by molar-refractivity contribution is 1.67. The van der Waals surface area contributed by atoms with E-state index in [2.05, 4.69) is 39.5 Å². The van der Waals surface area contributed by atoms with Crippen molar-refractivity contribution in [2.75, 3.05) is 0 Å². The van der Waals surface area contributed by atoms with Crippen molar-refractivity contribution in [1.29, 1.82) is 0 Å². The molecule has 0 amide bonds. The molecule has 2 rings (SSSR count). The monoisotopic (exact) mass is 346 g/mol. The molecule has 0 aliphatic carbocycles. The second kappa shape index (κ2) is 26.8. The Balaban J connectivity index is -0.000000276. The van der Waals surface area contributed by atoms with Gasteiger partial charge in [-0.3, -0.25) is 0 Å². The van der Waals surface area contributed by atoms with E-state index in [1.807, 2.05) is 86.7 Å². The average Bonchev–Trinajstić information content (AvgIpc) is 2.71. The number of benzene rings is 2. The van der Waals surface area contributed by atoms with Crippen molar-refractivity contribution < 1.29 is 0 Å². The summed E-state index contributed by atoms with van der Waals surface area (Å²) in [5.74, 6) is 0. The maximum atomic E-state index is 3.63. The molecular weight excluding hydrogens is 312 g/mol. The molecule has 0 N–H and O–H groups in total. The van der Waals surface area contributed by atoms with Gasteiger partial charge in [0.15, 0.2) is 0 Å². The number of allylic oxidation sites excluding steroid dienone is 4. The quantitative estimate of drug-likeness (QED) is 0.386. The van der Waals surface area contributed by atoms with Crippen LogP contribution < -0.4 is 0 Å². The van der Waals surface area contributed by atoms with Gasteiger partial charge in [-0.25, -0.2) is 0 Å². The van der Waals surface area contributed by atoms with E-state index >= 15 is 0 Å². The fourth-order valence-electron chi connectivity index (χ4n) is 1.18. The minimum absolute atomic E-state index is 1.17. The van der Waals surface area contributed by atoms with Crippen LogP contribution >= 0.6 is 0 Å². The van der Waals surface area contributed by atoms with Gasteiger partial charge in [-0.2, -0.15) is 0 Å². The SMILES string of the molecule is C=CC.C=CC.C=CC=C.C=Cc1ccccc1.C=Cc1ccccc1. The van der Waals surface area contributed by atoms with Gasteiger partial charge in [0.25, 0.3) is 0 Å². The van der Waals surface area contributed by atoms with Crippen molar-refractivity contribution in [3.8, 4) is 0 Å². The summed E-state index contributed by atoms with van der Waals surface area (Å²) in [6, 6.07) is 20.1. The van der Waals surface area contributed by atoms with Crippen LogP contribution in [0.5, 0.6) is 0 Å². The van der Waals surface area contributed by atoms with Crippen molar-refractivity contribution in [1.82, 2.24) is 0 Å². The molecule has 0 saturated heterocycles. The van der Waals surface area contributed by atoms with E-state index in [0.717, 1.165) is 0 Å². The van der Waals surface area contributed by atoms with Crippen LogP contribution in [0.25, 0.3) is 12.2 Å². The van der Waals surface area contributed by atoms with Gasteiger partial charge in [0.05, 0.1) is 0 Å². The molecule has 0 spiro atoms. The van der Waals surface area contributed by atoms with E-state index in [1.165, 1.54) is 11.1 Å². The van der Waals surface area contributed by atoms with Crippen molar-refractivity contribution >= 4 is 12.2 Å². The predicted octanol–water partition coefficient (Wildman–Crippen LogP) is 8.40. The van der Waals surface area contributed by atoms with E-state index in [-0.39, 0.29) is 0 Å². The Labute approximate surface area is 161 Å². The fourth-order valence-corrected chi connectivity index (χ4v) is 1.18. The van der Waals surface area contributed by atoms with Gasteiger partial charge in [-0.15, -0.1) is 13.2 Å². The second-order valence-electron chi connectivity index (χ2n) is 4.52. The number of hydrogen-bond acceptors (Lipinski definition) is 0. The van der Waals surface area contributed by atoms with Crippen LogP contribution in [0.2, 0.25) is 0 Å². The first-order chi connectivity index (χ1) is 12.6. The molecule has 0 radical (unpaired) electrons. The Kier molecular flexibility index (Phi) is 28.5. The molecule has 0 saturated carbocycles. The summed E-state index contributed by atoms with van der Waals surface area (Å²) in [5.41, 5.74) is 2.35. The third kappa shape index (κ3) is 25.8. The Bertz CT molecular complexity index is 518. The molecule has 2 aromatic carbocycles. The molecule has 0 aromatic heterocycles. The van der Waals surface area contributed by atoms with Crippen LogP contribution in [-0.2, 0) is 0 Å². The van der Waals surface area contributed by atoms with Gasteiger partial charge in [-0.05, 0) is 25.0 Å². The molecule has 0 fully saturated rings. The molecule has 0 aliphatic rings. The molecule has 0 unspecified atom stereocenters. The van der Waals surface area contributed by atoms with Crippen LogP contribution in [0.4, 0.5) is 0 Å². The molecule has 0 heteroatoms. The third-order valence-corrected chi connectivity index (χ3v) is 2.24. The average molecular weight is 347 g/mol. The highest BCUT2D eigenvalue weighted by Gasteiger charge is 1.76. The summed E-state index contributed by atoms with van der Waals surface area (Å²) in [4.78, 5) is 0. The largest absolute Gasteiger partial charge is 0.103 e. The molecule has 2 aromatic rings. The molecule has 0 nitrogen and oxygen atoms in total. The lowest BCUT2D eigenvalue weighted by atomic mass is 10.2. The van der Waals surface area contributed by atoms with E-state index in [1.54, 1.807) is 24.3 Å². The van der Waals surface area contributed by atoms with Crippen LogP contribution in [0.1, 0.15) is 25.0 Å². The summed E-state index contributed by atoms with van der Waals surface area (Å²) in [5, 5.41) is 0. The first-order valence-corrected chi connectivity index (χ1v) is 8.34. The van der Waals surface area contributed by atoms with Crippen molar-refractivity contribution in [2.45, 2.75) is 13.8 Å². The molecular formula is C26H34. The summed E-state index contributed by atoms with van der Waals surface area (Å²) in [6.07, 6.45) is 10.4. The number of rotatable bonds is 3. The Morgan fingerprint density at radius 2 is 0.731 bits per heavy atom. The minimum Gasteiger partial charge on any atom is -0.103 e. The van der Waals surface area contributed by atoms with Crippen LogP contribution in [-0.4, -0.2) is 0 Å². The Hall–Kier alpha value is -3.12. The van der Waals surface area contributed by atoms with E-state index in [4.69, 9.17) is 0 Å². The van der Waals surface area contributed by atoms with E-state index in [9.17, 15) is 0 Å². The van der Waals surface area contributed by atoms with Gasteiger partial charge in [0.2, 0.25) is 0 Å². The summed E-state index contributed by atoms with van der Waals surface area (Å²) >= 11 is 0. The Morgan fingerprint density at radius 1 is 0.500 bits per heavy atom. The highest BCUT2D eigenvalue weighted by molar-refractivity contribution is 5.46. The summed E-state index contributed by atoms with van der Waals surface area (Å²) in [7, 11) is 0. The second-order valence-corrected chi connectivity index (χ2v) is 4.52. The smallest absolute Gasteiger partial charge is 0.0263 e. The van der Waals surface area contributed by atoms with Crippen molar-refractivity contribution in [3.63, 3.8) is 0 Å². The van der Waals surface area contributed by atoms with Crippen LogP contribution in [0.3, 0.4) is 0 Å². The summed E-state index contributed by atoms with van der Waals surface area (Å²) in [6.45, 7) is 24.5. The number of hydrogen-bond donors (Lipinski definition) is 0. The molecule has 0 aliphatic heterocycles. The normalized spacial score (nSPS) is 7.00. The fraction of sp³-hybridized carbons (Fsp3) is 0.0769. The highest BCUT2D eigenvalue weighted by atomic mass is 13.8. The zero-order valence-electron chi connectivity index (χ0n) is 16.5. The van der Waals surface area contributed by atoms with Crippen LogP contribution in [0.15, 0.2) is 124 Å². The van der Waals surface area contributed by atoms with Gasteiger partial charge in [0.1, 0.15) is 0 Å². The zero-order valence-corrected chi connectivity index (χ0v) is 16.5. The van der Waals surface area contributed by atoms with E-state index < -0.39 is 0 Å². The third-order valence-electron chi connectivity index (χ3n) is 2.24. The van der Waals surface area contributed by atoms with Gasteiger partial charge >= 0.3 is 0 Å². The molecule has 26 heavy (non-hydrogen) atoms. The first-order valence-electron chi connectivity index (χ1n) is 8.34. The van der Waals surface area contributed by atoms with Gasteiger partial charge in [0, 0.05) is 0 Å². The first kappa shape index (κ1) is 27.7.